The molecule has 0 saturated heterocycles. The number of unbranched alkanes of at least 4 members (excludes halogenated alkanes) is 1. The first-order valence-electron chi connectivity index (χ1n) is 4.38. The van der Waals surface area contributed by atoms with Gasteiger partial charge >= 0.3 is 0 Å². The molecule has 1 heterocycles. The van der Waals surface area contributed by atoms with E-state index in [1.165, 1.54) is 6.20 Å². The summed E-state index contributed by atoms with van der Waals surface area (Å²) in [5.41, 5.74) is 0. The van der Waals surface area contributed by atoms with E-state index < -0.39 is 0 Å². The average Bonchev–Trinajstić information content (AvgIpc) is 2.16. The van der Waals surface area contributed by atoms with Gasteiger partial charge in [-0.2, -0.15) is 0 Å². The lowest BCUT2D eigenvalue weighted by atomic mass is 10.2. The third-order valence-corrected chi connectivity index (χ3v) is 1.59. The van der Waals surface area contributed by atoms with Crippen LogP contribution in [-0.2, 0) is 4.79 Å². The Hall–Kier alpha value is -1.45. The zero-order valence-electron chi connectivity index (χ0n) is 7.66. The molecule has 1 N–H and O–H groups in total. The van der Waals surface area contributed by atoms with E-state index in [-0.39, 0.29) is 5.91 Å². The number of nitrogens with one attached hydrogen (secondary N) is 1. The predicted octanol–water partition coefficient (Wildman–Crippen LogP) is 1.61. The van der Waals surface area contributed by atoms with Gasteiger partial charge in [-0.1, -0.05) is 13.3 Å². The molecule has 0 saturated carbocycles. The lowest BCUT2D eigenvalue weighted by molar-refractivity contribution is -0.116. The lowest BCUT2D eigenvalue weighted by Crippen LogP contribution is -2.11. The maximum atomic E-state index is 11.2. The summed E-state index contributed by atoms with van der Waals surface area (Å²) in [6.45, 7) is 2.05. The first kappa shape index (κ1) is 9.64. The number of amides is 1. The van der Waals surface area contributed by atoms with Gasteiger partial charge in [0.2, 0.25) is 5.91 Å². The second-order valence-corrected chi connectivity index (χ2v) is 2.74. The Morgan fingerprint density at radius 3 is 3.00 bits per heavy atom. The average molecular weight is 179 g/mol. The number of aromatic nitrogens is 2. The van der Waals surface area contributed by atoms with Crippen molar-refractivity contribution in [2.45, 2.75) is 26.2 Å². The number of rotatable bonds is 4. The number of hydrogen-bond acceptors (Lipinski definition) is 3. The summed E-state index contributed by atoms with van der Waals surface area (Å²) >= 11 is 0. The van der Waals surface area contributed by atoms with Crippen LogP contribution >= 0.6 is 0 Å². The van der Waals surface area contributed by atoms with E-state index in [0.717, 1.165) is 12.8 Å². The van der Waals surface area contributed by atoms with Gasteiger partial charge in [0.1, 0.15) is 0 Å². The molecule has 13 heavy (non-hydrogen) atoms. The minimum absolute atomic E-state index is 0.00218. The highest BCUT2D eigenvalue weighted by atomic mass is 16.1. The molecule has 0 bridgehead atoms. The first-order valence-corrected chi connectivity index (χ1v) is 4.38. The van der Waals surface area contributed by atoms with Crippen molar-refractivity contribution in [3.63, 3.8) is 0 Å². The van der Waals surface area contributed by atoms with Crippen molar-refractivity contribution in [3.05, 3.63) is 18.6 Å². The van der Waals surface area contributed by atoms with Gasteiger partial charge in [0.25, 0.3) is 0 Å². The smallest absolute Gasteiger partial charge is 0.225 e. The van der Waals surface area contributed by atoms with Crippen LogP contribution in [0.2, 0.25) is 0 Å². The van der Waals surface area contributed by atoms with Crippen LogP contribution in [0.25, 0.3) is 0 Å². The van der Waals surface area contributed by atoms with Crippen molar-refractivity contribution in [2.24, 2.45) is 0 Å². The molecule has 0 unspecified atom stereocenters. The zero-order valence-corrected chi connectivity index (χ0v) is 7.66. The summed E-state index contributed by atoms with van der Waals surface area (Å²) in [6, 6.07) is 0. The van der Waals surface area contributed by atoms with E-state index in [4.69, 9.17) is 0 Å². The topological polar surface area (TPSA) is 54.9 Å². The van der Waals surface area contributed by atoms with Crippen LogP contribution in [0.5, 0.6) is 0 Å². The van der Waals surface area contributed by atoms with Crippen LogP contribution in [0.1, 0.15) is 26.2 Å². The largest absolute Gasteiger partial charge is 0.309 e. The minimum Gasteiger partial charge on any atom is -0.309 e. The van der Waals surface area contributed by atoms with E-state index >= 15 is 0 Å². The maximum absolute atomic E-state index is 11.2. The number of carbonyl (C=O) groups is 1. The monoisotopic (exact) mass is 179 g/mol. The van der Waals surface area contributed by atoms with Crippen LogP contribution in [-0.4, -0.2) is 15.9 Å². The van der Waals surface area contributed by atoms with E-state index in [2.05, 4.69) is 22.2 Å². The summed E-state index contributed by atoms with van der Waals surface area (Å²) < 4.78 is 0. The van der Waals surface area contributed by atoms with E-state index in [1.807, 2.05) is 0 Å². The van der Waals surface area contributed by atoms with Gasteiger partial charge in [-0.25, -0.2) is 4.98 Å². The summed E-state index contributed by atoms with van der Waals surface area (Å²) in [5.74, 6) is 0.519. The van der Waals surface area contributed by atoms with Gasteiger partial charge in [0.05, 0.1) is 6.20 Å². The highest BCUT2D eigenvalue weighted by Gasteiger charge is 2.00. The molecular formula is C9H13N3O. The van der Waals surface area contributed by atoms with Crippen molar-refractivity contribution < 1.29 is 4.79 Å². The molecule has 4 nitrogen and oxygen atoms in total. The minimum atomic E-state index is 0.00218. The van der Waals surface area contributed by atoms with Gasteiger partial charge in [0.15, 0.2) is 5.82 Å². The van der Waals surface area contributed by atoms with Gasteiger partial charge in [0, 0.05) is 18.8 Å². The molecule has 1 amide bonds. The molecule has 0 radical (unpaired) electrons. The van der Waals surface area contributed by atoms with Crippen LogP contribution < -0.4 is 5.32 Å². The fraction of sp³-hybridized carbons (Fsp3) is 0.444. The molecule has 0 fully saturated rings. The lowest BCUT2D eigenvalue weighted by Gasteiger charge is -2.01. The van der Waals surface area contributed by atoms with E-state index in [0.29, 0.717) is 12.2 Å². The second-order valence-electron chi connectivity index (χ2n) is 2.74. The predicted molar refractivity (Wildman–Crippen MR) is 50.2 cm³/mol. The van der Waals surface area contributed by atoms with Crippen LogP contribution in [0.3, 0.4) is 0 Å². The third-order valence-electron chi connectivity index (χ3n) is 1.59. The molecule has 1 rings (SSSR count). The molecule has 0 aliphatic carbocycles. The van der Waals surface area contributed by atoms with Crippen molar-refractivity contribution in [1.82, 2.24) is 9.97 Å². The Kier molecular flexibility index (Phi) is 3.88. The fourth-order valence-electron chi connectivity index (χ4n) is 0.906. The van der Waals surface area contributed by atoms with Gasteiger partial charge in [-0.05, 0) is 6.42 Å². The van der Waals surface area contributed by atoms with Crippen molar-refractivity contribution in [2.75, 3.05) is 5.32 Å². The highest BCUT2D eigenvalue weighted by molar-refractivity contribution is 5.89. The normalized spacial score (nSPS) is 9.62. The number of anilines is 1. The standard InChI is InChI=1S/C9H13N3O/c1-2-3-4-9(13)12-8-7-10-5-6-11-8/h5-7H,2-4H2,1H3,(H,11,12,13). The van der Waals surface area contributed by atoms with Crippen molar-refractivity contribution in [1.29, 1.82) is 0 Å². The number of hydrogen-bond donors (Lipinski definition) is 1. The van der Waals surface area contributed by atoms with Crippen molar-refractivity contribution >= 4 is 11.7 Å². The highest BCUT2D eigenvalue weighted by Crippen LogP contribution is 2.00. The van der Waals surface area contributed by atoms with Gasteiger partial charge < -0.3 is 5.32 Å². The Bertz CT molecular complexity index is 261. The summed E-state index contributed by atoms with van der Waals surface area (Å²) in [6.07, 6.45) is 7.13. The fourth-order valence-corrected chi connectivity index (χ4v) is 0.906. The van der Waals surface area contributed by atoms with Crippen molar-refractivity contribution in [3.8, 4) is 0 Å². The molecule has 1 aromatic heterocycles. The summed E-state index contributed by atoms with van der Waals surface area (Å²) in [7, 11) is 0. The number of nitrogens with zero attached hydrogens (tertiary/aromatic N) is 2. The van der Waals surface area contributed by atoms with E-state index in [9.17, 15) is 4.79 Å². The molecule has 0 aromatic carbocycles. The maximum Gasteiger partial charge on any atom is 0.225 e. The van der Waals surface area contributed by atoms with Crippen LogP contribution in [0, 0.1) is 0 Å². The van der Waals surface area contributed by atoms with Crippen LogP contribution in [0.4, 0.5) is 5.82 Å². The summed E-state index contributed by atoms with van der Waals surface area (Å²) in [4.78, 5) is 19.0. The first-order chi connectivity index (χ1) is 6.33. The van der Waals surface area contributed by atoms with Crippen LogP contribution in [0.15, 0.2) is 18.6 Å². The Morgan fingerprint density at radius 1 is 1.54 bits per heavy atom. The molecule has 1 aromatic rings. The Balaban J connectivity index is 2.37. The molecule has 4 heteroatoms. The Morgan fingerprint density at radius 2 is 2.38 bits per heavy atom. The molecule has 70 valence electrons. The summed E-state index contributed by atoms with van der Waals surface area (Å²) in [5, 5.41) is 2.66. The molecular weight excluding hydrogens is 166 g/mol. The second kappa shape index (κ2) is 5.24. The molecule has 0 aliphatic heterocycles. The third kappa shape index (κ3) is 3.64. The Labute approximate surface area is 77.4 Å². The number of carbonyl (C=O) groups excluding carboxylic acids is 1. The van der Waals surface area contributed by atoms with Gasteiger partial charge in [-0.15, -0.1) is 0 Å². The molecule has 0 aliphatic rings. The van der Waals surface area contributed by atoms with E-state index in [1.54, 1.807) is 12.4 Å². The van der Waals surface area contributed by atoms with Gasteiger partial charge in [-0.3, -0.25) is 9.78 Å². The quantitative estimate of drug-likeness (QED) is 0.763. The molecule has 0 atom stereocenters. The zero-order chi connectivity index (χ0) is 9.52. The SMILES string of the molecule is CCCCC(=O)Nc1cnccn1. The molecule has 0 spiro atoms.